The molecule has 1 N–H and O–H groups in total. The summed E-state index contributed by atoms with van der Waals surface area (Å²) in [5.41, 5.74) is 6.00. The Labute approximate surface area is 297 Å². The Morgan fingerprint density at radius 1 is 1.10 bits per heavy atom. The Morgan fingerprint density at radius 3 is 2.61 bits per heavy atom. The lowest BCUT2D eigenvalue weighted by Crippen LogP contribution is -2.64. The van der Waals surface area contributed by atoms with Crippen molar-refractivity contribution in [3.8, 4) is 16.9 Å². The molecule has 6 heterocycles. The minimum Gasteiger partial charge on any atom is -0.363 e. The number of aryl methyl sites for hydroxylation is 2. The predicted molar refractivity (Wildman–Crippen MR) is 202 cm³/mol. The maximum Gasteiger partial charge on any atom is 0.282 e. The fourth-order valence-electron chi connectivity index (χ4n) is 7.96. The predicted octanol–water partition coefficient (Wildman–Crippen LogP) is 5.57. The van der Waals surface area contributed by atoms with Gasteiger partial charge in [-0.2, -0.15) is 5.10 Å². The number of nitrogens with zero attached hydrogens (tertiary/aromatic N) is 8. The molecule has 5 aromatic rings. The van der Waals surface area contributed by atoms with Gasteiger partial charge in [-0.05, 0) is 89.2 Å². The topological polar surface area (TPSA) is 106 Å². The van der Waals surface area contributed by atoms with E-state index in [0.717, 1.165) is 40.7 Å². The van der Waals surface area contributed by atoms with Gasteiger partial charge in [-0.25, -0.2) is 9.37 Å². The molecule has 4 aromatic heterocycles. The molecule has 11 nitrogen and oxygen atoms in total. The molecule has 51 heavy (non-hydrogen) atoms. The molecule has 266 valence electrons. The van der Waals surface area contributed by atoms with Crippen molar-refractivity contribution in [2.75, 3.05) is 56.6 Å². The summed E-state index contributed by atoms with van der Waals surface area (Å²) in [6, 6.07) is 7.00. The highest BCUT2D eigenvalue weighted by atomic mass is 19.1. The quantitative estimate of drug-likeness (QED) is 0.211. The van der Waals surface area contributed by atoms with Crippen LogP contribution in [0.5, 0.6) is 0 Å². The van der Waals surface area contributed by atoms with Crippen LogP contribution in [-0.4, -0.2) is 99.3 Å². The van der Waals surface area contributed by atoms with Crippen molar-refractivity contribution < 1.29 is 9.18 Å². The molecule has 0 bridgehead atoms. The minimum absolute atomic E-state index is 0.00313. The van der Waals surface area contributed by atoms with E-state index < -0.39 is 5.82 Å². The standard InChI is InChI=1S/C39H46FN9O2/c1-9-31(50)47-21-26-20-46(16-10-15-45(7)8)37-36(48(26)19-25(47)6)27-17-29(40)34(32-23(4)11-12-30-28(32)18-42-44-30)43-38(27)49(39(37)51)35-24(5)13-14-41-33(35)22(2)3/h9,11-14,17-18,22,25-26H,1,10,15-16,19-21H2,2-8H3,(H,42,44). The van der Waals surface area contributed by atoms with Crippen molar-refractivity contribution in [2.24, 2.45) is 0 Å². The third-order valence-corrected chi connectivity index (χ3v) is 10.4. The van der Waals surface area contributed by atoms with Gasteiger partial charge in [0.2, 0.25) is 5.91 Å². The number of hydrogen-bond donors (Lipinski definition) is 1. The Morgan fingerprint density at radius 2 is 1.88 bits per heavy atom. The molecule has 0 aliphatic carbocycles. The Hall–Kier alpha value is -5.10. The zero-order valence-corrected chi connectivity index (χ0v) is 30.5. The number of aromatic nitrogens is 5. The minimum atomic E-state index is -0.492. The van der Waals surface area contributed by atoms with Crippen LogP contribution in [0.3, 0.4) is 0 Å². The molecule has 0 saturated carbocycles. The van der Waals surface area contributed by atoms with Crippen LogP contribution in [0.1, 0.15) is 49.9 Å². The highest BCUT2D eigenvalue weighted by Crippen LogP contribution is 2.44. The molecule has 0 radical (unpaired) electrons. The number of piperazine rings is 1. The zero-order chi connectivity index (χ0) is 36.3. The van der Waals surface area contributed by atoms with Crippen molar-refractivity contribution in [2.45, 2.75) is 59.0 Å². The van der Waals surface area contributed by atoms with Crippen LogP contribution < -0.4 is 15.4 Å². The van der Waals surface area contributed by atoms with Crippen LogP contribution in [0, 0.1) is 19.7 Å². The smallest absolute Gasteiger partial charge is 0.282 e. The van der Waals surface area contributed by atoms with Gasteiger partial charge in [0.05, 0.1) is 34.8 Å². The zero-order valence-electron chi connectivity index (χ0n) is 30.5. The maximum absolute atomic E-state index is 16.9. The van der Waals surface area contributed by atoms with Gasteiger partial charge < -0.3 is 19.6 Å². The van der Waals surface area contributed by atoms with Crippen LogP contribution in [0.2, 0.25) is 0 Å². The van der Waals surface area contributed by atoms with E-state index in [1.807, 2.05) is 58.0 Å². The number of carbonyl (C=O) groups excluding carboxylic acids is 1. The largest absolute Gasteiger partial charge is 0.363 e. The van der Waals surface area contributed by atoms with Gasteiger partial charge in [0, 0.05) is 54.8 Å². The summed E-state index contributed by atoms with van der Waals surface area (Å²) in [6.07, 6.45) is 5.63. The number of amides is 1. The molecule has 2 aliphatic heterocycles. The van der Waals surface area contributed by atoms with Crippen molar-refractivity contribution >= 4 is 39.2 Å². The lowest BCUT2D eigenvalue weighted by atomic mass is 9.97. The van der Waals surface area contributed by atoms with Crippen LogP contribution in [0.4, 0.5) is 15.8 Å². The summed E-state index contributed by atoms with van der Waals surface area (Å²) in [5, 5.41) is 8.51. The molecule has 2 unspecified atom stereocenters. The number of carbonyl (C=O) groups is 1. The number of pyridine rings is 3. The summed E-state index contributed by atoms with van der Waals surface area (Å²) in [7, 11) is 4.06. The number of benzene rings is 1. The molecule has 7 rings (SSSR count). The Bertz CT molecular complexity index is 2240. The van der Waals surface area contributed by atoms with Gasteiger partial charge in [0.15, 0.2) is 5.65 Å². The summed E-state index contributed by atoms with van der Waals surface area (Å²) >= 11 is 0. The van der Waals surface area contributed by atoms with E-state index in [1.54, 1.807) is 23.0 Å². The van der Waals surface area contributed by atoms with Gasteiger partial charge in [-0.15, -0.1) is 0 Å². The highest BCUT2D eigenvalue weighted by molar-refractivity contribution is 6.02. The van der Waals surface area contributed by atoms with E-state index in [0.29, 0.717) is 59.8 Å². The van der Waals surface area contributed by atoms with Crippen molar-refractivity contribution in [1.29, 1.82) is 0 Å². The molecule has 12 heteroatoms. The first-order valence-corrected chi connectivity index (χ1v) is 17.7. The van der Waals surface area contributed by atoms with E-state index in [2.05, 4.69) is 45.3 Å². The van der Waals surface area contributed by atoms with Gasteiger partial charge >= 0.3 is 0 Å². The van der Waals surface area contributed by atoms with Crippen LogP contribution >= 0.6 is 0 Å². The van der Waals surface area contributed by atoms with Crippen LogP contribution in [-0.2, 0) is 4.79 Å². The molecule has 2 aliphatic rings. The number of rotatable bonds is 8. The first-order chi connectivity index (χ1) is 24.4. The number of halogens is 1. The summed E-state index contributed by atoms with van der Waals surface area (Å²) in [6.45, 7) is 16.7. The third kappa shape index (κ3) is 5.75. The maximum atomic E-state index is 16.9. The lowest BCUT2D eigenvalue weighted by molar-refractivity contribution is -0.128. The normalized spacial score (nSPS) is 17.5. The number of anilines is 2. The molecule has 1 amide bonds. The number of aromatic amines is 1. The molecule has 2 atom stereocenters. The first-order valence-electron chi connectivity index (χ1n) is 17.7. The average Bonchev–Trinajstić information content (AvgIpc) is 3.57. The Balaban J connectivity index is 1.58. The summed E-state index contributed by atoms with van der Waals surface area (Å²) < 4.78 is 18.6. The van der Waals surface area contributed by atoms with E-state index in [-0.39, 0.29) is 35.2 Å². The second kappa shape index (κ2) is 13.2. The van der Waals surface area contributed by atoms with E-state index in [4.69, 9.17) is 9.97 Å². The fraction of sp³-hybridized carbons (Fsp3) is 0.410. The molecule has 1 saturated heterocycles. The molecule has 1 aromatic carbocycles. The molecule has 1 fully saturated rings. The van der Waals surface area contributed by atoms with E-state index in [1.165, 1.54) is 6.08 Å². The van der Waals surface area contributed by atoms with Crippen molar-refractivity contribution in [1.82, 2.24) is 34.5 Å². The van der Waals surface area contributed by atoms with E-state index in [9.17, 15) is 4.79 Å². The van der Waals surface area contributed by atoms with Crippen molar-refractivity contribution in [3.63, 3.8) is 0 Å². The van der Waals surface area contributed by atoms with Gasteiger partial charge in [-0.3, -0.25) is 24.2 Å². The fourth-order valence-corrected chi connectivity index (χ4v) is 7.96. The van der Waals surface area contributed by atoms with Crippen LogP contribution in [0.25, 0.3) is 38.9 Å². The monoisotopic (exact) mass is 691 g/mol. The molecular weight excluding hydrogens is 645 g/mol. The average molecular weight is 692 g/mol. The van der Waals surface area contributed by atoms with Gasteiger partial charge in [-0.1, -0.05) is 26.5 Å². The third-order valence-electron chi connectivity index (χ3n) is 10.4. The van der Waals surface area contributed by atoms with Crippen LogP contribution in [0.15, 0.2) is 54.1 Å². The first kappa shape index (κ1) is 34.4. The number of hydrogen-bond acceptors (Lipinski definition) is 8. The summed E-state index contributed by atoms with van der Waals surface area (Å²) in [4.78, 5) is 46.6. The van der Waals surface area contributed by atoms with Crippen molar-refractivity contribution in [3.05, 3.63) is 82.3 Å². The van der Waals surface area contributed by atoms with E-state index >= 15 is 9.18 Å². The second-order valence-corrected chi connectivity index (χ2v) is 14.6. The summed E-state index contributed by atoms with van der Waals surface area (Å²) in [5.74, 6) is -0.619. The van der Waals surface area contributed by atoms with Gasteiger partial charge in [0.1, 0.15) is 17.2 Å². The van der Waals surface area contributed by atoms with Gasteiger partial charge in [0.25, 0.3) is 5.56 Å². The number of fused-ring (bicyclic) bond motifs is 6. The number of H-pyrrole nitrogens is 1. The second-order valence-electron chi connectivity index (χ2n) is 14.6. The Kier molecular flexibility index (Phi) is 8.91. The molecule has 0 spiro atoms. The highest BCUT2D eigenvalue weighted by Gasteiger charge is 2.42. The molecular formula is C39H46FN9O2. The lowest BCUT2D eigenvalue weighted by Gasteiger charge is -2.52. The SMILES string of the molecule is C=CC(=O)N1CC2CN(CCCN(C)C)c3c(c4cc(F)c(-c5c(C)ccc6[nH]ncc56)nc4n(-c4c(C)ccnc4C(C)C)c3=O)N2CC1C. The number of nitrogens with one attached hydrogen (secondary N) is 1.